The minimum absolute atomic E-state index is 0.00195. The van der Waals surface area contributed by atoms with Crippen LogP contribution in [0.3, 0.4) is 0 Å². The summed E-state index contributed by atoms with van der Waals surface area (Å²) in [5, 5.41) is 53.9. The Hall–Kier alpha value is -9.10. The first-order valence-electron chi connectivity index (χ1n) is 26.6. The number of aliphatic carboxylic acids is 1. The summed E-state index contributed by atoms with van der Waals surface area (Å²) in [6.45, 7) is 4.73. The predicted octanol–water partition coefficient (Wildman–Crippen LogP) is 2.27. The average molecular weight is 1140 g/mol. The fourth-order valence-corrected chi connectivity index (χ4v) is 9.08. The molecule has 0 saturated heterocycles. The SMILES string of the molecule is CC[C@H](C)[C@H](NC(=O)[C@H](CS)NC(C)=O)C(=O)N[C@@H](Cc1ccc(NC(=O)Cn2nc(-c3ccccc3)c3c(N)ncnc32)cc1)C(=O)N[C@@H](CCCCN)C(=O)N[C@@H](Cc1ccc(O)cc1)C(=O)N[C@@H](Cc1ccc(O)cc1)C(=O)O. The summed E-state index contributed by atoms with van der Waals surface area (Å²) in [5.74, 6) is -6.89. The van der Waals surface area contributed by atoms with Crippen molar-refractivity contribution in [2.75, 3.05) is 23.3 Å². The molecule has 434 valence electrons. The van der Waals surface area contributed by atoms with Crippen LogP contribution in [0.25, 0.3) is 22.3 Å². The van der Waals surface area contributed by atoms with E-state index in [0.717, 1.165) is 5.56 Å². The molecule has 0 radical (unpaired) electrons. The number of carboxylic acids is 1. The topological polar surface area (TPSA) is 377 Å². The number of phenolic OH excluding ortho intramolecular Hbond substituents is 2. The van der Waals surface area contributed by atoms with Crippen LogP contribution in [-0.2, 0) is 64.2 Å². The van der Waals surface area contributed by atoms with Crippen molar-refractivity contribution in [1.29, 1.82) is 0 Å². The molecule has 0 bridgehead atoms. The molecule has 0 aliphatic rings. The molecule has 0 aliphatic heterocycles. The number of phenols is 2. The lowest BCUT2D eigenvalue weighted by atomic mass is 9.96. The van der Waals surface area contributed by atoms with Crippen molar-refractivity contribution in [3.05, 3.63) is 126 Å². The smallest absolute Gasteiger partial charge is 0.326 e. The van der Waals surface area contributed by atoms with Crippen molar-refractivity contribution in [3.8, 4) is 22.8 Å². The zero-order valence-electron chi connectivity index (χ0n) is 45.5. The summed E-state index contributed by atoms with van der Waals surface area (Å²) in [7, 11) is 0. The van der Waals surface area contributed by atoms with E-state index in [-0.39, 0.29) is 61.8 Å². The number of carboxylic acid groups (broad SMARTS) is 1. The highest BCUT2D eigenvalue weighted by atomic mass is 32.1. The molecule has 6 rings (SSSR count). The molecular weight excluding hydrogens is 1070 g/mol. The monoisotopic (exact) mass is 1140 g/mol. The molecule has 25 heteroatoms. The molecule has 82 heavy (non-hydrogen) atoms. The van der Waals surface area contributed by atoms with Crippen LogP contribution < -0.4 is 48.7 Å². The maximum atomic E-state index is 14.8. The molecule has 14 N–H and O–H groups in total. The van der Waals surface area contributed by atoms with E-state index >= 15 is 0 Å². The van der Waals surface area contributed by atoms with E-state index in [9.17, 15) is 53.7 Å². The third-order valence-electron chi connectivity index (χ3n) is 13.5. The van der Waals surface area contributed by atoms with Gasteiger partial charge in [-0.25, -0.2) is 19.4 Å². The minimum Gasteiger partial charge on any atom is -0.508 e. The van der Waals surface area contributed by atoms with E-state index in [0.29, 0.717) is 58.4 Å². The average Bonchev–Trinajstić information content (AvgIpc) is 4.10. The van der Waals surface area contributed by atoms with Crippen molar-refractivity contribution in [3.63, 3.8) is 0 Å². The molecule has 2 aromatic heterocycles. The summed E-state index contributed by atoms with van der Waals surface area (Å²) in [6.07, 6.45) is 1.87. The Bertz CT molecular complexity index is 3180. The lowest BCUT2D eigenvalue weighted by Crippen LogP contribution is -2.61. The summed E-state index contributed by atoms with van der Waals surface area (Å²) in [6, 6.07) is 19.2. The van der Waals surface area contributed by atoms with Gasteiger partial charge in [-0.05, 0) is 84.8 Å². The van der Waals surface area contributed by atoms with Gasteiger partial charge in [0.1, 0.15) is 72.1 Å². The number of nitrogens with one attached hydrogen (secondary N) is 7. The quantitative estimate of drug-likeness (QED) is 0.0237. The second-order valence-corrected chi connectivity index (χ2v) is 20.1. The number of nitrogen functional groups attached to an aromatic ring is 1. The first kappa shape index (κ1) is 62.1. The molecule has 24 nitrogen and oxygen atoms in total. The molecule has 0 unspecified atom stereocenters. The normalized spacial score (nSPS) is 13.7. The Kier molecular flexibility index (Phi) is 22.7. The number of nitrogens with zero attached hydrogens (tertiary/aromatic N) is 4. The number of nitrogens with two attached hydrogens (primary N) is 2. The molecule has 0 aliphatic carbocycles. The number of hydrogen-bond donors (Lipinski definition) is 13. The first-order chi connectivity index (χ1) is 39.3. The highest BCUT2D eigenvalue weighted by Crippen LogP contribution is 2.30. The molecule has 2 heterocycles. The van der Waals surface area contributed by atoms with Crippen molar-refractivity contribution in [2.24, 2.45) is 11.7 Å². The van der Waals surface area contributed by atoms with Gasteiger partial charge >= 0.3 is 5.97 Å². The van der Waals surface area contributed by atoms with Crippen LogP contribution in [0.1, 0.15) is 63.1 Å². The number of unbranched alkanes of at least 4 members (excludes halogenated alkanes) is 1. The number of aromatic nitrogens is 4. The van der Waals surface area contributed by atoms with E-state index in [1.807, 2.05) is 30.3 Å². The zero-order valence-corrected chi connectivity index (χ0v) is 46.4. The van der Waals surface area contributed by atoms with Crippen LogP contribution >= 0.6 is 12.6 Å². The van der Waals surface area contributed by atoms with E-state index < -0.39 is 89.5 Å². The highest BCUT2D eigenvalue weighted by Gasteiger charge is 2.35. The van der Waals surface area contributed by atoms with Crippen LogP contribution in [0.5, 0.6) is 11.5 Å². The number of aromatic hydroxyl groups is 2. The highest BCUT2D eigenvalue weighted by molar-refractivity contribution is 7.80. The summed E-state index contributed by atoms with van der Waals surface area (Å²) in [4.78, 5) is 118. The third-order valence-corrected chi connectivity index (χ3v) is 13.8. The molecular formula is C57H69N13O11S. The second kappa shape index (κ2) is 29.9. The van der Waals surface area contributed by atoms with Gasteiger partial charge < -0.3 is 64.0 Å². The maximum Gasteiger partial charge on any atom is 0.326 e. The number of carbonyl (C=O) groups excluding carboxylic acids is 7. The molecule has 4 aromatic carbocycles. The predicted molar refractivity (Wildman–Crippen MR) is 309 cm³/mol. The van der Waals surface area contributed by atoms with Gasteiger partial charge in [-0.3, -0.25) is 33.6 Å². The Morgan fingerprint density at radius 3 is 1.68 bits per heavy atom. The fraction of sp³-hybridized carbons (Fsp3) is 0.351. The maximum absolute atomic E-state index is 14.8. The Balaban J connectivity index is 1.27. The van der Waals surface area contributed by atoms with E-state index in [4.69, 9.17) is 11.5 Å². The zero-order chi connectivity index (χ0) is 59.5. The number of benzene rings is 4. The fourth-order valence-electron chi connectivity index (χ4n) is 8.82. The van der Waals surface area contributed by atoms with Crippen molar-refractivity contribution >= 4 is 82.5 Å². The number of amides is 7. The van der Waals surface area contributed by atoms with Crippen molar-refractivity contribution in [2.45, 2.75) is 109 Å². The molecule has 6 aromatic rings. The number of thiol groups is 1. The van der Waals surface area contributed by atoms with Crippen molar-refractivity contribution < 1.29 is 53.7 Å². The molecule has 0 spiro atoms. The van der Waals surface area contributed by atoms with Gasteiger partial charge in [0.25, 0.3) is 0 Å². The van der Waals surface area contributed by atoms with Gasteiger partial charge in [0, 0.05) is 43.2 Å². The van der Waals surface area contributed by atoms with E-state index in [1.165, 1.54) is 66.5 Å². The van der Waals surface area contributed by atoms with Crippen LogP contribution in [0.4, 0.5) is 11.5 Å². The van der Waals surface area contributed by atoms with Crippen LogP contribution in [0.2, 0.25) is 0 Å². The van der Waals surface area contributed by atoms with E-state index in [1.54, 1.807) is 38.1 Å². The Morgan fingerprint density at radius 1 is 0.634 bits per heavy atom. The Morgan fingerprint density at radius 2 is 1.15 bits per heavy atom. The third kappa shape index (κ3) is 17.7. The van der Waals surface area contributed by atoms with Gasteiger partial charge in [0.15, 0.2) is 5.65 Å². The van der Waals surface area contributed by atoms with Gasteiger partial charge in [0.05, 0.1) is 5.39 Å². The lowest BCUT2D eigenvalue weighted by Gasteiger charge is -2.29. The largest absolute Gasteiger partial charge is 0.508 e. The molecule has 7 atom stereocenters. The second-order valence-electron chi connectivity index (χ2n) is 19.7. The van der Waals surface area contributed by atoms with Gasteiger partial charge in [-0.1, -0.05) is 87.0 Å². The minimum atomic E-state index is -1.48. The number of anilines is 2. The van der Waals surface area contributed by atoms with Gasteiger partial charge in [-0.2, -0.15) is 17.7 Å². The summed E-state index contributed by atoms with van der Waals surface area (Å²) >= 11 is 4.21. The number of carbonyl (C=O) groups is 8. The summed E-state index contributed by atoms with van der Waals surface area (Å²) < 4.78 is 1.42. The van der Waals surface area contributed by atoms with Gasteiger partial charge in [-0.15, -0.1) is 0 Å². The standard InChI is InChI=1S/C57H69N13O11S/c1-4-32(2)48(68-55(78)45(30-82)62-33(3)71)56(79)66-43(26-34-13-19-38(20-14-34)63-46(74)29-70-51-47(50(59)60-31-61-51)49(69-70)37-10-6-5-7-11-37)53(76)64-41(12-8-9-25-58)52(75)65-42(27-35-15-21-39(72)22-16-35)54(77)67-44(57(80)81)28-36-17-23-40(73)24-18-36/h5-7,10-11,13-24,31-32,41-45,48,72-73,82H,4,8-9,12,25-30,58H2,1-3H3,(H,62,71)(H,63,74)(H,64,76)(H,65,75)(H,66,79)(H,67,77)(H,68,78)(H,80,81)(H2,59,60,61)/t32-,41-,42-,43-,44-,45-,48-/m0/s1. The molecule has 0 saturated carbocycles. The van der Waals surface area contributed by atoms with Crippen LogP contribution in [-0.4, -0.2) is 131 Å². The number of hydrogen-bond acceptors (Lipinski definition) is 16. The van der Waals surface area contributed by atoms with Crippen LogP contribution in [0.15, 0.2) is 109 Å². The first-order valence-corrected chi connectivity index (χ1v) is 27.2. The summed E-state index contributed by atoms with van der Waals surface area (Å²) in [5.41, 5.74) is 15.5. The number of fused-ring (bicyclic) bond motifs is 1. The number of rotatable bonds is 29. The Labute approximate surface area is 478 Å². The van der Waals surface area contributed by atoms with Crippen LogP contribution in [0, 0.1) is 5.92 Å². The molecule has 0 fully saturated rings. The van der Waals surface area contributed by atoms with E-state index in [2.05, 4.69) is 64.9 Å². The van der Waals surface area contributed by atoms with Crippen molar-refractivity contribution in [1.82, 2.24) is 51.6 Å². The lowest BCUT2D eigenvalue weighted by molar-refractivity contribution is -0.142. The molecule has 7 amide bonds. The van der Waals surface area contributed by atoms with Gasteiger partial charge in [0.2, 0.25) is 41.4 Å².